The first-order valence-electron chi connectivity index (χ1n) is 7.66. The predicted molar refractivity (Wildman–Crippen MR) is 96.7 cm³/mol. The Kier molecular flexibility index (Phi) is 5.27. The van der Waals surface area contributed by atoms with Gasteiger partial charge in [-0.2, -0.15) is 4.99 Å². The Morgan fingerprint density at radius 1 is 1.48 bits per heavy atom. The van der Waals surface area contributed by atoms with Crippen LogP contribution in [0.25, 0.3) is 0 Å². The van der Waals surface area contributed by atoms with Gasteiger partial charge in [0, 0.05) is 21.8 Å². The van der Waals surface area contributed by atoms with E-state index in [0.29, 0.717) is 27.7 Å². The zero-order valence-electron chi connectivity index (χ0n) is 14.1. The van der Waals surface area contributed by atoms with Crippen molar-refractivity contribution in [2.45, 2.75) is 26.5 Å². The van der Waals surface area contributed by atoms with E-state index in [-0.39, 0.29) is 6.10 Å². The fourth-order valence-corrected chi connectivity index (χ4v) is 3.53. The first-order chi connectivity index (χ1) is 12.0. The SMILES string of the molecule is COc1ccc(Cl)cc1C(=O)N=c1sc(C)cn1CC1C=C(C)NO1. The predicted octanol–water partition coefficient (Wildman–Crippen LogP) is 3.07. The molecule has 1 unspecified atom stereocenters. The molecule has 2 heterocycles. The highest BCUT2D eigenvalue weighted by atomic mass is 35.5. The maximum atomic E-state index is 12.6. The third kappa shape index (κ3) is 4.12. The number of allylic oxidation sites excluding steroid dienone is 1. The van der Waals surface area contributed by atoms with Gasteiger partial charge in [-0.3, -0.25) is 15.1 Å². The Balaban J connectivity index is 1.93. The van der Waals surface area contributed by atoms with Crippen LogP contribution in [0.15, 0.2) is 41.2 Å². The number of aryl methyl sites for hydroxylation is 1. The number of rotatable bonds is 4. The summed E-state index contributed by atoms with van der Waals surface area (Å²) < 4.78 is 7.15. The van der Waals surface area contributed by atoms with Crippen LogP contribution < -0.4 is 15.0 Å². The third-order valence-electron chi connectivity index (χ3n) is 3.61. The summed E-state index contributed by atoms with van der Waals surface area (Å²) in [5.41, 5.74) is 4.13. The molecule has 1 aromatic heterocycles. The summed E-state index contributed by atoms with van der Waals surface area (Å²) in [5.74, 6) is 0.0481. The van der Waals surface area contributed by atoms with Gasteiger partial charge in [0.1, 0.15) is 11.9 Å². The van der Waals surface area contributed by atoms with Crippen LogP contribution >= 0.6 is 22.9 Å². The molecule has 1 aliphatic rings. The first-order valence-corrected chi connectivity index (χ1v) is 8.85. The van der Waals surface area contributed by atoms with Crippen molar-refractivity contribution >= 4 is 28.8 Å². The number of hydroxylamine groups is 1. The molecular formula is C17H18ClN3O3S. The van der Waals surface area contributed by atoms with Gasteiger partial charge in [-0.05, 0) is 38.1 Å². The minimum atomic E-state index is -0.396. The van der Waals surface area contributed by atoms with Crippen LogP contribution in [-0.2, 0) is 11.4 Å². The number of aromatic nitrogens is 1. The summed E-state index contributed by atoms with van der Waals surface area (Å²) in [4.78, 5) is 24.0. The minimum absolute atomic E-state index is 0.108. The Bertz CT molecular complexity index is 901. The number of nitrogens with zero attached hydrogens (tertiary/aromatic N) is 2. The van der Waals surface area contributed by atoms with Gasteiger partial charge in [-0.1, -0.05) is 11.6 Å². The molecule has 1 aromatic carbocycles. The maximum Gasteiger partial charge on any atom is 0.283 e. The van der Waals surface area contributed by atoms with Crippen LogP contribution in [0.4, 0.5) is 0 Å². The van der Waals surface area contributed by atoms with E-state index in [4.69, 9.17) is 21.2 Å². The smallest absolute Gasteiger partial charge is 0.283 e. The van der Waals surface area contributed by atoms with E-state index in [0.717, 1.165) is 10.6 Å². The molecule has 0 bridgehead atoms. The second kappa shape index (κ2) is 7.43. The topological polar surface area (TPSA) is 64.8 Å². The molecule has 132 valence electrons. The minimum Gasteiger partial charge on any atom is -0.496 e. The Hall–Kier alpha value is -2.09. The molecule has 0 radical (unpaired) electrons. The third-order valence-corrected chi connectivity index (χ3v) is 4.78. The van der Waals surface area contributed by atoms with Crippen LogP contribution in [0.2, 0.25) is 5.02 Å². The molecule has 0 aliphatic carbocycles. The number of amides is 1. The highest BCUT2D eigenvalue weighted by molar-refractivity contribution is 7.09. The van der Waals surface area contributed by atoms with E-state index < -0.39 is 5.91 Å². The average Bonchev–Trinajstić information content (AvgIpc) is 3.13. The van der Waals surface area contributed by atoms with Gasteiger partial charge in [0.05, 0.1) is 19.2 Å². The largest absolute Gasteiger partial charge is 0.496 e. The van der Waals surface area contributed by atoms with Crippen LogP contribution in [0.1, 0.15) is 22.2 Å². The number of benzene rings is 1. The molecule has 0 fully saturated rings. The lowest BCUT2D eigenvalue weighted by Crippen LogP contribution is -2.24. The molecule has 3 rings (SSSR count). The van der Waals surface area contributed by atoms with Gasteiger partial charge >= 0.3 is 0 Å². The van der Waals surface area contributed by atoms with E-state index in [9.17, 15) is 4.79 Å². The second-order valence-corrected chi connectivity index (χ2v) is 7.30. The van der Waals surface area contributed by atoms with Crippen molar-refractivity contribution in [3.63, 3.8) is 0 Å². The maximum absolute atomic E-state index is 12.6. The number of halogens is 1. The van der Waals surface area contributed by atoms with E-state index in [1.165, 1.54) is 18.4 Å². The second-order valence-electron chi connectivity index (χ2n) is 5.65. The van der Waals surface area contributed by atoms with Gasteiger partial charge in [-0.25, -0.2) is 0 Å². The van der Waals surface area contributed by atoms with Crippen molar-refractivity contribution in [2.75, 3.05) is 7.11 Å². The Morgan fingerprint density at radius 3 is 2.96 bits per heavy atom. The zero-order chi connectivity index (χ0) is 18.0. The van der Waals surface area contributed by atoms with E-state index >= 15 is 0 Å². The molecule has 0 spiro atoms. The average molecular weight is 380 g/mol. The highest BCUT2D eigenvalue weighted by Crippen LogP contribution is 2.23. The van der Waals surface area contributed by atoms with Gasteiger partial charge in [-0.15, -0.1) is 11.3 Å². The number of hydrogen-bond donors (Lipinski definition) is 1. The zero-order valence-corrected chi connectivity index (χ0v) is 15.6. The van der Waals surface area contributed by atoms with Gasteiger partial charge < -0.3 is 9.30 Å². The number of nitrogens with one attached hydrogen (secondary N) is 1. The molecule has 25 heavy (non-hydrogen) atoms. The highest BCUT2D eigenvalue weighted by Gasteiger charge is 2.17. The van der Waals surface area contributed by atoms with Gasteiger partial charge in [0.25, 0.3) is 5.91 Å². The van der Waals surface area contributed by atoms with Crippen LogP contribution in [0, 0.1) is 6.92 Å². The lowest BCUT2D eigenvalue weighted by Gasteiger charge is -2.08. The van der Waals surface area contributed by atoms with Crippen molar-refractivity contribution in [1.82, 2.24) is 10.0 Å². The molecular weight excluding hydrogens is 362 g/mol. The van der Waals surface area contributed by atoms with Crippen molar-refractivity contribution in [3.05, 3.63) is 56.4 Å². The standard InChI is InChI=1S/C17H18ClN3O3S/c1-10-6-13(24-20-10)9-21-8-11(2)25-17(21)19-16(22)14-7-12(18)4-5-15(14)23-3/h4-8,13,20H,9H2,1-3H3. The number of thiazole rings is 1. The lowest BCUT2D eigenvalue weighted by molar-refractivity contribution is 0.0331. The van der Waals surface area contributed by atoms with Crippen molar-refractivity contribution in [3.8, 4) is 5.75 Å². The van der Waals surface area contributed by atoms with E-state index in [1.807, 2.05) is 30.7 Å². The summed E-state index contributed by atoms with van der Waals surface area (Å²) in [6, 6.07) is 4.89. The van der Waals surface area contributed by atoms with Crippen molar-refractivity contribution < 1.29 is 14.4 Å². The van der Waals surface area contributed by atoms with Crippen molar-refractivity contribution in [1.29, 1.82) is 0 Å². The molecule has 1 aliphatic heterocycles. The van der Waals surface area contributed by atoms with Crippen molar-refractivity contribution in [2.24, 2.45) is 4.99 Å². The number of carbonyl (C=O) groups is 1. The van der Waals surface area contributed by atoms with E-state index in [1.54, 1.807) is 18.2 Å². The quantitative estimate of drug-likeness (QED) is 0.886. The Morgan fingerprint density at radius 2 is 2.28 bits per heavy atom. The molecule has 0 saturated heterocycles. The molecule has 0 saturated carbocycles. The molecule has 1 N–H and O–H groups in total. The number of hydrogen-bond acceptors (Lipinski definition) is 5. The summed E-state index contributed by atoms with van der Waals surface area (Å²) in [6.45, 7) is 4.47. The van der Waals surface area contributed by atoms with Crippen LogP contribution in [0.5, 0.6) is 5.75 Å². The molecule has 8 heteroatoms. The van der Waals surface area contributed by atoms with E-state index in [2.05, 4.69) is 10.5 Å². The molecule has 2 aromatic rings. The number of ether oxygens (including phenoxy) is 1. The van der Waals surface area contributed by atoms with Gasteiger partial charge in [0.2, 0.25) is 0 Å². The normalized spacial score (nSPS) is 17.4. The summed E-state index contributed by atoms with van der Waals surface area (Å²) in [6.07, 6.45) is 3.84. The molecule has 6 nitrogen and oxygen atoms in total. The first kappa shape index (κ1) is 17.7. The monoisotopic (exact) mass is 379 g/mol. The molecule has 1 atom stereocenters. The van der Waals surface area contributed by atoms with Crippen LogP contribution in [0.3, 0.4) is 0 Å². The fourth-order valence-electron chi connectivity index (χ4n) is 2.52. The fraction of sp³-hybridized carbons (Fsp3) is 0.294. The van der Waals surface area contributed by atoms with Gasteiger partial charge in [0.15, 0.2) is 4.80 Å². The summed E-state index contributed by atoms with van der Waals surface area (Å²) in [5, 5.41) is 0.459. The summed E-state index contributed by atoms with van der Waals surface area (Å²) in [7, 11) is 1.51. The summed E-state index contributed by atoms with van der Waals surface area (Å²) >= 11 is 7.45. The number of carbonyl (C=O) groups excluding carboxylic acids is 1. The molecule has 1 amide bonds. The Labute approximate surface area is 154 Å². The van der Waals surface area contributed by atoms with Crippen LogP contribution in [-0.4, -0.2) is 23.7 Å². The lowest BCUT2D eigenvalue weighted by atomic mass is 10.2. The number of methoxy groups -OCH3 is 1.